The Morgan fingerprint density at radius 1 is 1.37 bits per heavy atom. The zero-order chi connectivity index (χ0) is 13.8. The van der Waals surface area contributed by atoms with Crippen molar-refractivity contribution in [3.8, 4) is 17.0 Å². The zero-order valence-corrected chi connectivity index (χ0v) is 10.4. The van der Waals surface area contributed by atoms with Crippen LogP contribution in [0.3, 0.4) is 0 Å². The van der Waals surface area contributed by atoms with E-state index in [4.69, 9.17) is 5.73 Å². The van der Waals surface area contributed by atoms with E-state index in [0.717, 1.165) is 6.42 Å². The summed E-state index contributed by atoms with van der Waals surface area (Å²) in [6.07, 6.45) is 2.31. The minimum Gasteiger partial charge on any atom is -0.434 e. The number of nitrogens with one attached hydrogen (secondary N) is 1. The number of nitrogens with zero attached hydrogens (tertiary/aromatic N) is 1. The Labute approximate surface area is 109 Å². The lowest BCUT2D eigenvalue weighted by Gasteiger charge is -2.09. The third kappa shape index (κ3) is 3.08. The molecule has 6 heteroatoms. The fourth-order valence-corrected chi connectivity index (χ4v) is 1.74. The normalized spacial score (nSPS) is 12.7. The second kappa shape index (κ2) is 5.79. The van der Waals surface area contributed by atoms with Gasteiger partial charge in [-0.2, -0.15) is 8.78 Å². The van der Waals surface area contributed by atoms with E-state index in [2.05, 4.69) is 14.7 Å². The highest BCUT2D eigenvalue weighted by atomic mass is 19.3. The molecule has 0 amide bonds. The number of aromatic nitrogens is 2. The van der Waals surface area contributed by atoms with E-state index in [1.54, 1.807) is 24.4 Å². The molecule has 19 heavy (non-hydrogen) atoms. The minimum atomic E-state index is -2.86. The predicted octanol–water partition coefficient (Wildman–Crippen LogP) is 3.09. The van der Waals surface area contributed by atoms with Gasteiger partial charge in [0.2, 0.25) is 0 Å². The topological polar surface area (TPSA) is 63.9 Å². The number of benzene rings is 1. The van der Waals surface area contributed by atoms with Gasteiger partial charge in [0.05, 0.1) is 17.9 Å². The summed E-state index contributed by atoms with van der Waals surface area (Å²) >= 11 is 0. The summed E-state index contributed by atoms with van der Waals surface area (Å²) in [5.74, 6) is 0.738. The first-order valence-corrected chi connectivity index (χ1v) is 5.96. The number of hydrogen-bond donors (Lipinski definition) is 2. The molecule has 102 valence electrons. The highest BCUT2D eigenvalue weighted by Gasteiger charge is 2.14. The van der Waals surface area contributed by atoms with Gasteiger partial charge in [-0.3, -0.25) is 0 Å². The summed E-state index contributed by atoms with van der Waals surface area (Å²) in [5, 5.41) is 0. The van der Waals surface area contributed by atoms with Crippen molar-refractivity contribution in [3.63, 3.8) is 0 Å². The molecule has 2 aromatic rings. The Bertz CT molecular complexity index is 542. The van der Waals surface area contributed by atoms with Gasteiger partial charge in [-0.25, -0.2) is 4.98 Å². The number of H-pyrrole nitrogens is 1. The van der Waals surface area contributed by atoms with Gasteiger partial charge in [0.1, 0.15) is 11.6 Å². The van der Waals surface area contributed by atoms with Gasteiger partial charge in [0, 0.05) is 5.56 Å². The molecule has 1 unspecified atom stereocenters. The molecular weight excluding hydrogens is 252 g/mol. The SMILES string of the molecule is CCC(N)c1ncc(-c2ccccc2OC(F)F)[nH]1. The van der Waals surface area contributed by atoms with Gasteiger partial charge in [-0.05, 0) is 18.6 Å². The van der Waals surface area contributed by atoms with E-state index in [9.17, 15) is 8.78 Å². The van der Waals surface area contributed by atoms with Crippen LogP contribution in [0.15, 0.2) is 30.5 Å². The van der Waals surface area contributed by atoms with Crippen LogP contribution in [0, 0.1) is 0 Å². The lowest BCUT2D eigenvalue weighted by molar-refractivity contribution is -0.0494. The van der Waals surface area contributed by atoms with Crippen LogP contribution in [0.4, 0.5) is 8.78 Å². The summed E-state index contributed by atoms with van der Waals surface area (Å²) in [5.41, 5.74) is 7.00. The van der Waals surface area contributed by atoms with Crippen LogP contribution in [0.2, 0.25) is 0 Å². The Morgan fingerprint density at radius 2 is 2.11 bits per heavy atom. The molecule has 0 bridgehead atoms. The average molecular weight is 267 g/mol. The third-order valence-corrected chi connectivity index (χ3v) is 2.78. The Hall–Kier alpha value is -1.95. The van der Waals surface area contributed by atoms with E-state index in [-0.39, 0.29) is 11.8 Å². The molecule has 0 saturated heterocycles. The maximum absolute atomic E-state index is 12.3. The molecule has 3 N–H and O–H groups in total. The molecule has 2 rings (SSSR count). The lowest BCUT2D eigenvalue weighted by Crippen LogP contribution is -2.10. The van der Waals surface area contributed by atoms with Crippen LogP contribution in [-0.2, 0) is 0 Å². The Morgan fingerprint density at radius 3 is 2.79 bits per heavy atom. The van der Waals surface area contributed by atoms with Crippen molar-refractivity contribution in [1.29, 1.82) is 0 Å². The van der Waals surface area contributed by atoms with Crippen molar-refractivity contribution in [1.82, 2.24) is 9.97 Å². The number of hydrogen-bond acceptors (Lipinski definition) is 3. The van der Waals surface area contributed by atoms with Gasteiger partial charge in [0.25, 0.3) is 0 Å². The second-order valence-corrected chi connectivity index (χ2v) is 4.07. The number of para-hydroxylation sites is 1. The van der Waals surface area contributed by atoms with E-state index in [0.29, 0.717) is 17.1 Å². The number of aromatic amines is 1. The number of halogens is 2. The molecule has 1 atom stereocenters. The third-order valence-electron chi connectivity index (χ3n) is 2.78. The first kappa shape index (κ1) is 13.5. The molecule has 0 fully saturated rings. The van der Waals surface area contributed by atoms with Crippen LogP contribution >= 0.6 is 0 Å². The van der Waals surface area contributed by atoms with E-state index in [1.807, 2.05) is 6.92 Å². The van der Waals surface area contributed by atoms with E-state index >= 15 is 0 Å². The monoisotopic (exact) mass is 267 g/mol. The van der Waals surface area contributed by atoms with Crippen LogP contribution in [-0.4, -0.2) is 16.6 Å². The quantitative estimate of drug-likeness (QED) is 0.875. The van der Waals surface area contributed by atoms with E-state index < -0.39 is 6.61 Å². The maximum atomic E-state index is 12.3. The highest BCUT2D eigenvalue weighted by molar-refractivity contribution is 5.66. The predicted molar refractivity (Wildman–Crippen MR) is 67.9 cm³/mol. The fraction of sp³-hybridized carbons (Fsp3) is 0.308. The molecule has 1 aromatic heterocycles. The van der Waals surface area contributed by atoms with Gasteiger partial charge in [-0.1, -0.05) is 19.1 Å². The standard InChI is InChI=1S/C13H15F2N3O/c1-2-9(16)12-17-7-10(18-12)8-5-3-4-6-11(8)19-13(14)15/h3-7,9,13H,2,16H2,1H3,(H,17,18). The van der Waals surface area contributed by atoms with Crippen molar-refractivity contribution < 1.29 is 13.5 Å². The number of rotatable bonds is 5. The fourth-order valence-electron chi connectivity index (χ4n) is 1.74. The van der Waals surface area contributed by atoms with Crippen molar-refractivity contribution in [2.24, 2.45) is 5.73 Å². The largest absolute Gasteiger partial charge is 0.434 e. The van der Waals surface area contributed by atoms with Crippen molar-refractivity contribution >= 4 is 0 Å². The number of ether oxygens (including phenoxy) is 1. The minimum absolute atomic E-state index is 0.109. The smallest absolute Gasteiger partial charge is 0.387 e. The maximum Gasteiger partial charge on any atom is 0.387 e. The lowest BCUT2D eigenvalue weighted by atomic mass is 10.1. The van der Waals surface area contributed by atoms with Gasteiger partial charge < -0.3 is 15.5 Å². The molecule has 1 aromatic carbocycles. The number of alkyl halides is 2. The van der Waals surface area contributed by atoms with Crippen molar-refractivity contribution in [2.75, 3.05) is 0 Å². The van der Waals surface area contributed by atoms with Crippen molar-refractivity contribution in [2.45, 2.75) is 26.0 Å². The molecule has 0 aliphatic carbocycles. The molecule has 0 saturated carbocycles. The van der Waals surface area contributed by atoms with Crippen LogP contribution in [0.5, 0.6) is 5.75 Å². The Balaban J connectivity index is 2.33. The Kier molecular flexibility index (Phi) is 4.11. The van der Waals surface area contributed by atoms with Crippen LogP contribution in [0.25, 0.3) is 11.3 Å². The summed E-state index contributed by atoms with van der Waals surface area (Å²) in [6, 6.07) is 6.36. The molecular formula is C13H15F2N3O. The first-order valence-electron chi connectivity index (χ1n) is 5.96. The highest BCUT2D eigenvalue weighted by Crippen LogP contribution is 2.30. The van der Waals surface area contributed by atoms with Crippen molar-refractivity contribution in [3.05, 3.63) is 36.3 Å². The van der Waals surface area contributed by atoms with Crippen LogP contribution < -0.4 is 10.5 Å². The van der Waals surface area contributed by atoms with Gasteiger partial charge >= 0.3 is 6.61 Å². The summed E-state index contributed by atoms with van der Waals surface area (Å²) in [6.45, 7) is -0.915. The zero-order valence-electron chi connectivity index (χ0n) is 10.4. The van der Waals surface area contributed by atoms with Crippen LogP contribution in [0.1, 0.15) is 25.2 Å². The first-order chi connectivity index (χ1) is 9.11. The average Bonchev–Trinajstić information content (AvgIpc) is 2.87. The molecule has 0 spiro atoms. The second-order valence-electron chi connectivity index (χ2n) is 4.07. The van der Waals surface area contributed by atoms with Gasteiger partial charge in [-0.15, -0.1) is 0 Å². The molecule has 0 aliphatic heterocycles. The molecule has 0 aliphatic rings. The number of imidazole rings is 1. The van der Waals surface area contributed by atoms with E-state index in [1.165, 1.54) is 6.07 Å². The summed E-state index contributed by atoms with van der Waals surface area (Å²) < 4.78 is 29.2. The van der Waals surface area contributed by atoms with Gasteiger partial charge in [0.15, 0.2) is 0 Å². The molecule has 1 heterocycles. The summed E-state index contributed by atoms with van der Waals surface area (Å²) in [4.78, 5) is 7.19. The molecule has 4 nitrogen and oxygen atoms in total. The molecule has 0 radical (unpaired) electrons. The number of nitrogens with two attached hydrogens (primary N) is 1. The summed E-state index contributed by atoms with van der Waals surface area (Å²) in [7, 11) is 0.